The molecular formula is C23H28N2O2. The summed E-state index contributed by atoms with van der Waals surface area (Å²) < 4.78 is 5.20. The van der Waals surface area contributed by atoms with Crippen molar-refractivity contribution in [1.82, 2.24) is 9.80 Å². The lowest BCUT2D eigenvalue weighted by Gasteiger charge is -2.51. The van der Waals surface area contributed by atoms with E-state index in [4.69, 9.17) is 4.74 Å². The molecule has 0 aromatic heterocycles. The summed E-state index contributed by atoms with van der Waals surface area (Å²) in [6.07, 6.45) is 2.65. The first kappa shape index (κ1) is 17.1. The number of hydrogen-bond donors (Lipinski definition) is 1. The zero-order chi connectivity index (χ0) is 18.4. The first-order valence-corrected chi connectivity index (χ1v) is 10.1. The molecule has 1 N–H and O–H groups in total. The summed E-state index contributed by atoms with van der Waals surface area (Å²) in [6, 6.07) is 18.1. The molecular weight excluding hydrogens is 336 g/mol. The molecule has 0 saturated carbocycles. The predicted octanol–water partition coefficient (Wildman–Crippen LogP) is 3.46. The Hall–Kier alpha value is -2.04. The quantitative estimate of drug-likeness (QED) is 0.901. The van der Waals surface area contributed by atoms with Crippen LogP contribution in [-0.2, 0) is 6.54 Å². The molecule has 142 valence electrons. The van der Waals surface area contributed by atoms with Crippen LogP contribution in [0.2, 0.25) is 0 Å². The van der Waals surface area contributed by atoms with E-state index in [1.54, 1.807) is 7.11 Å². The Morgan fingerprint density at radius 2 is 1.81 bits per heavy atom. The number of methoxy groups -OCH3 is 1. The Bertz CT molecular complexity index is 801. The summed E-state index contributed by atoms with van der Waals surface area (Å²) in [7, 11) is 1.59. The normalized spacial score (nSPS) is 32.4. The smallest absolute Gasteiger partial charge is 0.160 e. The van der Waals surface area contributed by atoms with Crippen LogP contribution in [0.4, 0.5) is 0 Å². The fraction of sp³-hybridized carbons (Fsp3) is 0.478. The number of benzene rings is 2. The van der Waals surface area contributed by atoms with Gasteiger partial charge in [-0.2, -0.15) is 0 Å². The standard InChI is InChI=1S/C23H28N2O2/c1-27-21-8-7-16(13-20(21)26)14-25-15-19(17-5-3-2-4-6-17)23-22(25)18-9-11-24(23)12-10-18/h2-8,13,18-19,22-23,26H,9-12,14-15H2,1H3/t19-,22-,23-/m1/s1. The van der Waals surface area contributed by atoms with Crippen LogP contribution in [0.25, 0.3) is 0 Å². The molecule has 4 saturated heterocycles. The van der Waals surface area contributed by atoms with Gasteiger partial charge in [0.25, 0.3) is 0 Å². The first-order chi connectivity index (χ1) is 13.2. The molecule has 0 unspecified atom stereocenters. The Morgan fingerprint density at radius 3 is 2.52 bits per heavy atom. The summed E-state index contributed by atoms with van der Waals surface area (Å²) in [5.41, 5.74) is 2.64. The molecule has 2 aromatic carbocycles. The van der Waals surface area contributed by atoms with Crippen LogP contribution in [0, 0.1) is 5.92 Å². The van der Waals surface area contributed by atoms with E-state index in [2.05, 4.69) is 46.2 Å². The van der Waals surface area contributed by atoms with Crippen molar-refractivity contribution in [2.75, 3.05) is 26.7 Å². The van der Waals surface area contributed by atoms with Gasteiger partial charge in [0.05, 0.1) is 7.11 Å². The summed E-state index contributed by atoms with van der Waals surface area (Å²) in [4.78, 5) is 5.42. The van der Waals surface area contributed by atoms with Gasteiger partial charge in [-0.3, -0.25) is 9.80 Å². The van der Waals surface area contributed by atoms with Crippen molar-refractivity contribution in [3.8, 4) is 11.5 Å². The highest BCUT2D eigenvalue weighted by molar-refractivity contribution is 5.42. The van der Waals surface area contributed by atoms with Gasteiger partial charge in [0.1, 0.15) is 0 Å². The predicted molar refractivity (Wildman–Crippen MR) is 106 cm³/mol. The molecule has 4 aliphatic heterocycles. The van der Waals surface area contributed by atoms with E-state index < -0.39 is 0 Å². The van der Waals surface area contributed by atoms with Crippen LogP contribution < -0.4 is 4.74 Å². The van der Waals surface area contributed by atoms with Crippen molar-refractivity contribution in [3.05, 3.63) is 59.7 Å². The van der Waals surface area contributed by atoms with Gasteiger partial charge in [0, 0.05) is 31.1 Å². The largest absolute Gasteiger partial charge is 0.504 e. The van der Waals surface area contributed by atoms with Gasteiger partial charge in [-0.1, -0.05) is 36.4 Å². The number of ether oxygens (including phenoxy) is 1. The van der Waals surface area contributed by atoms with Crippen molar-refractivity contribution in [3.63, 3.8) is 0 Å². The summed E-state index contributed by atoms with van der Waals surface area (Å²) in [6.45, 7) is 4.50. The van der Waals surface area contributed by atoms with E-state index in [-0.39, 0.29) is 5.75 Å². The third-order valence-electron chi connectivity index (χ3n) is 6.95. The summed E-state index contributed by atoms with van der Waals surface area (Å²) in [5, 5.41) is 10.2. The minimum absolute atomic E-state index is 0.235. The monoisotopic (exact) mass is 364 g/mol. The Kier molecular flexibility index (Phi) is 4.33. The average Bonchev–Trinajstić information content (AvgIpc) is 3.11. The molecule has 3 atom stereocenters. The number of phenolic OH excluding ortho intramolecular Hbond substituents is 1. The van der Waals surface area contributed by atoms with Gasteiger partial charge >= 0.3 is 0 Å². The average molecular weight is 364 g/mol. The molecule has 0 spiro atoms. The fourth-order valence-electron chi connectivity index (χ4n) is 5.78. The van der Waals surface area contributed by atoms with Crippen LogP contribution in [0.15, 0.2) is 48.5 Å². The molecule has 2 aromatic rings. The van der Waals surface area contributed by atoms with Gasteiger partial charge < -0.3 is 9.84 Å². The third-order valence-corrected chi connectivity index (χ3v) is 6.95. The second kappa shape index (κ2) is 6.84. The lowest BCUT2D eigenvalue weighted by molar-refractivity contribution is -0.00870. The maximum Gasteiger partial charge on any atom is 0.160 e. The number of piperidine rings is 3. The molecule has 4 fully saturated rings. The van der Waals surface area contributed by atoms with Crippen LogP contribution in [0.1, 0.15) is 29.9 Å². The Balaban J connectivity index is 1.45. The summed E-state index contributed by atoms with van der Waals surface area (Å²) in [5.74, 6) is 2.16. The SMILES string of the molecule is COc1ccc(CN2C[C@H](c3ccccc3)[C@@H]3[C@H]2C2CCN3CC2)cc1O. The number of rotatable bonds is 4. The minimum Gasteiger partial charge on any atom is -0.504 e. The van der Waals surface area contributed by atoms with Crippen molar-refractivity contribution < 1.29 is 9.84 Å². The Labute approximate surface area is 161 Å². The molecule has 0 radical (unpaired) electrons. The van der Waals surface area contributed by atoms with Gasteiger partial charge in [-0.25, -0.2) is 0 Å². The maximum absolute atomic E-state index is 10.2. The lowest BCUT2D eigenvalue weighted by atomic mass is 9.75. The molecule has 6 rings (SSSR count). The topological polar surface area (TPSA) is 35.9 Å². The second-order valence-corrected chi connectivity index (χ2v) is 8.31. The highest BCUT2D eigenvalue weighted by Gasteiger charge is 2.53. The zero-order valence-corrected chi connectivity index (χ0v) is 15.9. The van der Waals surface area contributed by atoms with Crippen molar-refractivity contribution in [2.24, 2.45) is 5.92 Å². The van der Waals surface area contributed by atoms with E-state index in [1.807, 2.05) is 12.1 Å². The molecule has 4 heterocycles. The van der Waals surface area contributed by atoms with E-state index in [0.717, 1.165) is 24.6 Å². The number of fused-ring (bicyclic) bond motifs is 2. The molecule has 0 amide bonds. The van der Waals surface area contributed by atoms with E-state index in [9.17, 15) is 5.11 Å². The minimum atomic E-state index is 0.235. The number of likely N-dealkylation sites (tertiary alicyclic amines) is 1. The van der Waals surface area contributed by atoms with Crippen LogP contribution in [0.3, 0.4) is 0 Å². The number of nitrogens with zero attached hydrogens (tertiary/aromatic N) is 2. The number of hydrogen-bond acceptors (Lipinski definition) is 4. The van der Waals surface area contributed by atoms with Crippen molar-refractivity contribution >= 4 is 0 Å². The molecule has 4 aliphatic rings. The number of phenols is 1. The molecule has 4 nitrogen and oxygen atoms in total. The van der Waals surface area contributed by atoms with Crippen molar-refractivity contribution in [2.45, 2.75) is 37.4 Å². The molecule has 2 bridgehead atoms. The highest BCUT2D eigenvalue weighted by Crippen LogP contribution is 2.47. The maximum atomic E-state index is 10.2. The fourth-order valence-corrected chi connectivity index (χ4v) is 5.78. The molecule has 27 heavy (non-hydrogen) atoms. The van der Waals surface area contributed by atoms with Crippen LogP contribution in [0.5, 0.6) is 11.5 Å². The lowest BCUT2D eigenvalue weighted by Crippen LogP contribution is -2.59. The van der Waals surface area contributed by atoms with Gasteiger partial charge in [-0.15, -0.1) is 0 Å². The first-order valence-electron chi connectivity index (χ1n) is 10.1. The molecule has 0 aliphatic carbocycles. The molecule has 4 heteroatoms. The summed E-state index contributed by atoms with van der Waals surface area (Å²) >= 11 is 0. The zero-order valence-electron chi connectivity index (χ0n) is 15.9. The van der Waals surface area contributed by atoms with Gasteiger partial charge in [-0.05, 0) is 55.1 Å². The van der Waals surface area contributed by atoms with Gasteiger partial charge in [0.15, 0.2) is 11.5 Å². The third kappa shape index (κ3) is 2.91. The van der Waals surface area contributed by atoms with E-state index in [0.29, 0.717) is 23.8 Å². The Morgan fingerprint density at radius 1 is 1.04 bits per heavy atom. The van der Waals surface area contributed by atoms with E-state index in [1.165, 1.54) is 31.5 Å². The van der Waals surface area contributed by atoms with Crippen LogP contribution >= 0.6 is 0 Å². The van der Waals surface area contributed by atoms with Gasteiger partial charge in [0.2, 0.25) is 0 Å². The van der Waals surface area contributed by atoms with Crippen LogP contribution in [-0.4, -0.2) is 53.7 Å². The second-order valence-electron chi connectivity index (χ2n) is 8.31. The van der Waals surface area contributed by atoms with E-state index >= 15 is 0 Å². The highest BCUT2D eigenvalue weighted by atomic mass is 16.5. The van der Waals surface area contributed by atoms with Crippen molar-refractivity contribution in [1.29, 1.82) is 0 Å². The number of aromatic hydroxyl groups is 1.